The number of halogens is 2. The van der Waals surface area contributed by atoms with Crippen LogP contribution in [0.3, 0.4) is 0 Å². The Bertz CT molecular complexity index is 667. The van der Waals surface area contributed by atoms with Gasteiger partial charge in [0.2, 0.25) is 5.91 Å². The molecule has 1 aliphatic heterocycles. The van der Waals surface area contributed by atoms with Crippen LogP contribution in [0.15, 0.2) is 46.9 Å². The van der Waals surface area contributed by atoms with E-state index in [-0.39, 0.29) is 10.7 Å². The molecule has 0 aromatic heterocycles. The second-order valence-corrected chi connectivity index (χ2v) is 7.28. The number of carbonyl (C=O) groups is 1. The van der Waals surface area contributed by atoms with Crippen molar-refractivity contribution in [1.29, 1.82) is 0 Å². The summed E-state index contributed by atoms with van der Waals surface area (Å²) in [5.41, 5.74) is 4.74. The Morgan fingerprint density at radius 3 is 2.62 bits per heavy atom. The van der Waals surface area contributed by atoms with Gasteiger partial charge in [0.1, 0.15) is 0 Å². The molecule has 0 saturated heterocycles. The lowest BCUT2D eigenvalue weighted by molar-refractivity contribution is -0.116. The molecule has 1 unspecified atom stereocenters. The SMILES string of the molecule is O=C1CCc2cc(C(Br)Cc3ccc(Br)cc3)ccc2N1. The zero-order valence-electron chi connectivity index (χ0n) is 11.4. The van der Waals surface area contributed by atoms with Gasteiger partial charge in [-0.1, -0.05) is 56.1 Å². The highest BCUT2D eigenvalue weighted by molar-refractivity contribution is 9.10. The summed E-state index contributed by atoms with van der Waals surface area (Å²) in [5, 5.41) is 2.92. The molecule has 0 bridgehead atoms. The highest BCUT2D eigenvalue weighted by Gasteiger charge is 2.17. The number of aryl methyl sites for hydroxylation is 1. The molecular weight excluding hydrogens is 394 g/mol. The number of rotatable bonds is 3. The number of benzene rings is 2. The first-order valence-electron chi connectivity index (χ1n) is 6.93. The molecule has 0 saturated carbocycles. The normalized spacial score (nSPS) is 15.2. The predicted octanol–water partition coefficient (Wildman–Crippen LogP) is 5.01. The first-order valence-corrected chi connectivity index (χ1v) is 8.64. The van der Waals surface area contributed by atoms with Gasteiger partial charge in [-0.3, -0.25) is 4.79 Å². The number of hydrogen-bond donors (Lipinski definition) is 1. The fourth-order valence-corrected chi connectivity index (χ4v) is 3.47. The Kier molecular flexibility index (Phi) is 4.45. The Morgan fingerprint density at radius 1 is 1.10 bits per heavy atom. The van der Waals surface area contributed by atoms with Crippen molar-refractivity contribution in [3.63, 3.8) is 0 Å². The maximum Gasteiger partial charge on any atom is 0.224 e. The molecule has 1 aliphatic rings. The molecular formula is C17H15Br2NO. The van der Waals surface area contributed by atoms with Crippen LogP contribution in [0.1, 0.15) is 27.9 Å². The van der Waals surface area contributed by atoms with Crippen LogP contribution < -0.4 is 5.32 Å². The summed E-state index contributed by atoms with van der Waals surface area (Å²) in [7, 11) is 0. The van der Waals surface area contributed by atoms with Crippen molar-refractivity contribution in [3.05, 3.63) is 63.6 Å². The largest absolute Gasteiger partial charge is 0.326 e. The summed E-state index contributed by atoms with van der Waals surface area (Å²) < 4.78 is 1.10. The number of alkyl halides is 1. The zero-order chi connectivity index (χ0) is 14.8. The molecule has 21 heavy (non-hydrogen) atoms. The molecule has 0 radical (unpaired) electrons. The standard InChI is InChI=1S/C17H15Br2NO/c18-14-5-1-11(2-6-14)9-15(19)12-3-7-16-13(10-12)4-8-17(21)20-16/h1-3,5-7,10,15H,4,8-9H2,(H,20,21). The van der Waals surface area contributed by atoms with Gasteiger partial charge in [-0.15, -0.1) is 0 Å². The minimum atomic E-state index is 0.112. The van der Waals surface area contributed by atoms with Gasteiger partial charge in [0.15, 0.2) is 0 Å². The van der Waals surface area contributed by atoms with Gasteiger partial charge >= 0.3 is 0 Å². The first kappa shape index (κ1) is 14.8. The molecule has 0 spiro atoms. The Morgan fingerprint density at radius 2 is 1.86 bits per heavy atom. The molecule has 3 rings (SSSR count). The van der Waals surface area contributed by atoms with Gasteiger partial charge in [-0.2, -0.15) is 0 Å². The third-order valence-corrected chi connectivity index (χ3v) is 5.10. The van der Waals surface area contributed by atoms with E-state index in [0.29, 0.717) is 6.42 Å². The molecule has 1 heterocycles. The van der Waals surface area contributed by atoms with Crippen molar-refractivity contribution in [2.45, 2.75) is 24.1 Å². The molecule has 1 N–H and O–H groups in total. The lowest BCUT2D eigenvalue weighted by Gasteiger charge is -2.19. The van der Waals surface area contributed by atoms with E-state index in [2.05, 4.69) is 73.6 Å². The van der Waals surface area contributed by atoms with E-state index in [1.165, 1.54) is 16.7 Å². The predicted molar refractivity (Wildman–Crippen MR) is 92.9 cm³/mol. The quantitative estimate of drug-likeness (QED) is 0.710. The molecule has 2 nitrogen and oxygen atoms in total. The number of hydrogen-bond acceptors (Lipinski definition) is 1. The topological polar surface area (TPSA) is 29.1 Å². The minimum Gasteiger partial charge on any atom is -0.326 e. The zero-order valence-corrected chi connectivity index (χ0v) is 14.6. The van der Waals surface area contributed by atoms with Crippen molar-refractivity contribution in [2.24, 2.45) is 0 Å². The van der Waals surface area contributed by atoms with Crippen molar-refractivity contribution in [2.75, 3.05) is 5.32 Å². The number of amides is 1. The fourth-order valence-electron chi connectivity index (χ4n) is 2.54. The third kappa shape index (κ3) is 3.55. The Labute approximate surface area is 141 Å². The monoisotopic (exact) mass is 407 g/mol. The van der Waals surface area contributed by atoms with E-state index >= 15 is 0 Å². The molecule has 1 amide bonds. The number of fused-ring (bicyclic) bond motifs is 1. The van der Waals surface area contributed by atoms with E-state index in [1.54, 1.807) is 0 Å². The van der Waals surface area contributed by atoms with Crippen LogP contribution in [0.4, 0.5) is 5.69 Å². The second kappa shape index (κ2) is 6.32. The van der Waals surface area contributed by atoms with E-state index in [1.807, 2.05) is 6.07 Å². The van der Waals surface area contributed by atoms with Crippen LogP contribution in [-0.2, 0) is 17.6 Å². The van der Waals surface area contributed by atoms with Gasteiger partial charge in [0, 0.05) is 21.4 Å². The van der Waals surface area contributed by atoms with E-state index in [4.69, 9.17) is 0 Å². The summed E-state index contributed by atoms with van der Waals surface area (Å²) in [6.45, 7) is 0. The van der Waals surface area contributed by atoms with Crippen LogP contribution in [0.25, 0.3) is 0 Å². The number of anilines is 1. The summed E-state index contributed by atoms with van der Waals surface area (Å²) >= 11 is 7.24. The van der Waals surface area contributed by atoms with Gasteiger partial charge in [-0.05, 0) is 47.7 Å². The molecule has 4 heteroatoms. The van der Waals surface area contributed by atoms with Crippen molar-refractivity contribution < 1.29 is 4.79 Å². The fraction of sp³-hybridized carbons (Fsp3) is 0.235. The lowest BCUT2D eigenvalue weighted by Crippen LogP contribution is -2.19. The van der Waals surface area contributed by atoms with E-state index in [0.717, 1.165) is 23.0 Å². The summed E-state index contributed by atoms with van der Waals surface area (Å²) in [6.07, 6.45) is 2.35. The first-order chi connectivity index (χ1) is 10.1. The summed E-state index contributed by atoms with van der Waals surface area (Å²) in [6, 6.07) is 14.7. The summed E-state index contributed by atoms with van der Waals surface area (Å²) in [4.78, 5) is 11.7. The van der Waals surface area contributed by atoms with Crippen LogP contribution >= 0.6 is 31.9 Å². The second-order valence-electron chi connectivity index (χ2n) is 5.26. The van der Waals surface area contributed by atoms with Gasteiger partial charge in [0.05, 0.1) is 0 Å². The van der Waals surface area contributed by atoms with Crippen LogP contribution in [0.2, 0.25) is 0 Å². The van der Waals surface area contributed by atoms with Crippen LogP contribution in [-0.4, -0.2) is 5.91 Å². The smallest absolute Gasteiger partial charge is 0.224 e. The summed E-state index contributed by atoms with van der Waals surface area (Å²) in [5.74, 6) is 0.112. The van der Waals surface area contributed by atoms with E-state index in [9.17, 15) is 4.79 Å². The van der Waals surface area contributed by atoms with Crippen LogP contribution in [0, 0.1) is 0 Å². The van der Waals surface area contributed by atoms with Crippen molar-refractivity contribution in [1.82, 2.24) is 0 Å². The highest BCUT2D eigenvalue weighted by atomic mass is 79.9. The van der Waals surface area contributed by atoms with E-state index < -0.39 is 0 Å². The number of nitrogens with one attached hydrogen (secondary N) is 1. The molecule has 0 fully saturated rings. The van der Waals surface area contributed by atoms with Gasteiger partial charge in [-0.25, -0.2) is 0 Å². The Balaban J connectivity index is 1.77. The average molecular weight is 409 g/mol. The maximum atomic E-state index is 11.4. The molecule has 2 aromatic rings. The lowest BCUT2D eigenvalue weighted by atomic mass is 9.97. The third-order valence-electron chi connectivity index (χ3n) is 3.71. The number of carbonyl (C=O) groups excluding carboxylic acids is 1. The minimum absolute atomic E-state index is 0.112. The van der Waals surface area contributed by atoms with Gasteiger partial charge in [0.25, 0.3) is 0 Å². The van der Waals surface area contributed by atoms with Crippen LogP contribution in [0.5, 0.6) is 0 Å². The molecule has 0 aliphatic carbocycles. The Hall–Kier alpha value is -1.13. The highest BCUT2D eigenvalue weighted by Crippen LogP contribution is 2.32. The molecule has 108 valence electrons. The molecule has 2 aromatic carbocycles. The average Bonchev–Trinajstić information content (AvgIpc) is 2.49. The van der Waals surface area contributed by atoms with Gasteiger partial charge < -0.3 is 5.32 Å². The van der Waals surface area contributed by atoms with Crippen molar-refractivity contribution in [3.8, 4) is 0 Å². The molecule has 1 atom stereocenters. The maximum absolute atomic E-state index is 11.4. The van der Waals surface area contributed by atoms with Crippen molar-refractivity contribution >= 4 is 43.5 Å².